The van der Waals surface area contributed by atoms with E-state index < -0.39 is 42.5 Å². The lowest BCUT2D eigenvalue weighted by Gasteiger charge is -2.45. The van der Waals surface area contributed by atoms with Crippen molar-refractivity contribution in [1.29, 1.82) is 0 Å². The average molecular weight is 437 g/mol. The fourth-order valence-corrected chi connectivity index (χ4v) is 4.09. The Hall–Kier alpha value is -3.02. The first-order valence-corrected chi connectivity index (χ1v) is 9.70. The SMILES string of the molecule is O=C(O)CN1CCN(CC(=O)O)CC(Cc2ccccc2)(N(CC(=O)O)CC(=O)O)C1. The second kappa shape index (κ2) is 10.8. The van der Waals surface area contributed by atoms with Crippen molar-refractivity contribution >= 4 is 23.9 Å². The van der Waals surface area contributed by atoms with E-state index in [1.54, 1.807) is 21.9 Å². The molecule has 1 heterocycles. The number of benzene rings is 1. The lowest BCUT2D eigenvalue weighted by Crippen LogP contribution is -2.63. The van der Waals surface area contributed by atoms with Gasteiger partial charge in [0.15, 0.2) is 0 Å². The van der Waals surface area contributed by atoms with E-state index in [9.17, 15) is 39.6 Å². The summed E-state index contributed by atoms with van der Waals surface area (Å²) in [6.07, 6.45) is 0.223. The highest BCUT2D eigenvalue weighted by Crippen LogP contribution is 2.27. The van der Waals surface area contributed by atoms with Gasteiger partial charge in [0.25, 0.3) is 0 Å². The number of carboxylic acids is 4. The Morgan fingerprint density at radius 1 is 0.774 bits per heavy atom. The molecule has 0 spiro atoms. The van der Waals surface area contributed by atoms with E-state index in [2.05, 4.69) is 0 Å². The fraction of sp³-hybridized carbons (Fsp3) is 0.500. The average Bonchev–Trinajstić information content (AvgIpc) is 2.80. The van der Waals surface area contributed by atoms with Gasteiger partial charge in [-0.2, -0.15) is 0 Å². The van der Waals surface area contributed by atoms with Crippen LogP contribution >= 0.6 is 0 Å². The summed E-state index contributed by atoms with van der Waals surface area (Å²) in [4.78, 5) is 50.4. The first-order chi connectivity index (χ1) is 14.6. The quantitative estimate of drug-likeness (QED) is 0.344. The van der Waals surface area contributed by atoms with Crippen molar-refractivity contribution in [2.24, 2.45) is 0 Å². The Labute approximate surface area is 179 Å². The standard InChI is InChI=1S/C20H27N3O8/c24-16(25)9-21-6-7-22(10-17(26)27)14-20(13-21,8-15-4-2-1-3-5-15)23(11-18(28)29)12-19(30)31/h1-5H,6-14H2,(H,24,25)(H,26,27)(H,28,29)(H,30,31). The predicted molar refractivity (Wildman–Crippen MR) is 108 cm³/mol. The Kier molecular flexibility index (Phi) is 8.48. The number of rotatable bonds is 11. The maximum atomic E-state index is 11.6. The smallest absolute Gasteiger partial charge is 0.317 e. The van der Waals surface area contributed by atoms with Gasteiger partial charge in [-0.15, -0.1) is 0 Å². The molecule has 170 valence electrons. The van der Waals surface area contributed by atoms with Crippen LogP contribution in [0, 0.1) is 0 Å². The Balaban J connectivity index is 2.55. The zero-order chi connectivity index (χ0) is 23.0. The van der Waals surface area contributed by atoms with E-state index in [1.165, 1.54) is 4.90 Å². The van der Waals surface area contributed by atoms with Crippen LogP contribution < -0.4 is 0 Å². The number of carboxylic acid groups (broad SMARTS) is 4. The highest BCUT2D eigenvalue weighted by atomic mass is 16.4. The van der Waals surface area contributed by atoms with Gasteiger partial charge in [0, 0.05) is 26.2 Å². The minimum absolute atomic E-state index is 0.0743. The molecule has 0 aliphatic carbocycles. The van der Waals surface area contributed by atoms with E-state index in [1.807, 2.05) is 18.2 Å². The summed E-state index contributed by atoms with van der Waals surface area (Å²) in [6.45, 7) is -1.16. The van der Waals surface area contributed by atoms with Crippen molar-refractivity contribution in [3.05, 3.63) is 35.9 Å². The number of carbonyl (C=O) groups is 4. The van der Waals surface area contributed by atoms with Gasteiger partial charge >= 0.3 is 23.9 Å². The molecular formula is C20H27N3O8. The molecule has 0 atom stereocenters. The molecule has 1 aromatic rings. The molecule has 0 unspecified atom stereocenters. The van der Waals surface area contributed by atoms with Crippen LogP contribution in [0.25, 0.3) is 0 Å². The van der Waals surface area contributed by atoms with Crippen molar-refractivity contribution in [3.8, 4) is 0 Å². The molecule has 1 aromatic carbocycles. The first-order valence-electron chi connectivity index (χ1n) is 9.70. The third kappa shape index (κ3) is 7.63. The number of aliphatic carboxylic acids is 4. The molecule has 11 heteroatoms. The molecule has 0 radical (unpaired) electrons. The Morgan fingerprint density at radius 3 is 1.61 bits per heavy atom. The Bertz CT molecular complexity index is 759. The minimum Gasteiger partial charge on any atom is -0.480 e. The number of nitrogens with zero attached hydrogens (tertiary/aromatic N) is 3. The molecule has 11 nitrogen and oxygen atoms in total. The molecular weight excluding hydrogens is 410 g/mol. The summed E-state index contributed by atoms with van der Waals surface area (Å²) in [5.41, 5.74) is -0.338. The van der Waals surface area contributed by atoms with E-state index in [0.717, 1.165) is 5.56 Å². The maximum Gasteiger partial charge on any atom is 0.317 e. The summed E-state index contributed by atoms with van der Waals surface area (Å²) < 4.78 is 0. The monoisotopic (exact) mass is 437 g/mol. The summed E-state index contributed by atoms with van der Waals surface area (Å²) in [6, 6.07) is 9.03. The highest BCUT2D eigenvalue weighted by Gasteiger charge is 2.44. The molecule has 0 amide bonds. The maximum absolute atomic E-state index is 11.6. The number of hydrogen-bond acceptors (Lipinski definition) is 7. The van der Waals surface area contributed by atoms with Gasteiger partial charge in [0.1, 0.15) is 0 Å². The predicted octanol–water partition coefficient (Wildman–Crippen LogP) is -0.774. The molecule has 31 heavy (non-hydrogen) atoms. The molecule has 2 rings (SSSR count). The van der Waals surface area contributed by atoms with Crippen LogP contribution in [0.3, 0.4) is 0 Å². The topological polar surface area (TPSA) is 159 Å². The van der Waals surface area contributed by atoms with Crippen LogP contribution in [-0.2, 0) is 25.6 Å². The van der Waals surface area contributed by atoms with Gasteiger partial charge in [-0.25, -0.2) is 0 Å². The molecule has 4 N–H and O–H groups in total. The minimum atomic E-state index is -1.23. The molecule has 1 aliphatic heterocycles. The second-order valence-corrected chi connectivity index (χ2v) is 7.74. The van der Waals surface area contributed by atoms with Crippen LogP contribution in [0.1, 0.15) is 5.56 Å². The van der Waals surface area contributed by atoms with Gasteiger partial charge in [-0.1, -0.05) is 30.3 Å². The molecule has 1 fully saturated rings. The molecule has 1 saturated heterocycles. The molecule has 0 aromatic heterocycles. The van der Waals surface area contributed by atoms with Crippen LogP contribution in [0.5, 0.6) is 0 Å². The van der Waals surface area contributed by atoms with Crippen molar-refractivity contribution in [2.75, 3.05) is 52.4 Å². The normalized spacial score (nSPS) is 17.2. The lowest BCUT2D eigenvalue weighted by molar-refractivity contribution is -0.148. The summed E-state index contributed by atoms with van der Waals surface area (Å²) >= 11 is 0. The lowest BCUT2D eigenvalue weighted by atomic mass is 9.87. The highest BCUT2D eigenvalue weighted by molar-refractivity contribution is 5.73. The van der Waals surface area contributed by atoms with E-state index >= 15 is 0 Å². The zero-order valence-corrected chi connectivity index (χ0v) is 17.0. The summed E-state index contributed by atoms with van der Waals surface area (Å²) in [5, 5.41) is 37.5. The van der Waals surface area contributed by atoms with Crippen LogP contribution in [0.2, 0.25) is 0 Å². The van der Waals surface area contributed by atoms with Crippen LogP contribution in [-0.4, -0.2) is 117 Å². The van der Waals surface area contributed by atoms with Gasteiger partial charge in [-0.05, 0) is 12.0 Å². The van der Waals surface area contributed by atoms with Crippen molar-refractivity contribution in [2.45, 2.75) is 12.0 Å². The Morgan fingerprint density at radius 2 is 1.23 bits per heavy atom. The molecule has 1 aliphatic rings. The number of hydrogen-bond donors (Lipinski definition) is 4. The first kappa shape index (κ1) is 24.3. The zero-order valence-electron chi connectivity index (χ0n) is 17.0. The van der Waals surface area contributed by atoms with Crippen LogP contribution in [0.15, 0.2) is 30.3 Å². The van der Waals surface area contributed by atoms with Gasteiger partial charge in [0.05, 0.1) is 31.7 Å². The van der Waals surface area contributed by atoms with Crippen LogP contribution in [0.4, 0.5) is 0 Å². The van der Waals surface area contributed by atoms with E-state index in [0.29, 0.717) is 0 Å². The molecule has 0 saturated carbocycles. The largest absolute Gasteiger partial charge is 0.480 e. The fourth-order valence-electron chi connectivity index (χ4n) is 4.09. The van der Waals surface area contributed by atoms with E-state index in [4.69, 9.17) is 0 Å². The molecule has 0 bridgehead atoms. The summed E-state index contributed by atoms with van der Waals surface area (Å²) in [5.74, 6) is -4.62. The second-order valence-electron chi connectivity index (χ2n) is 7.74. The van der Waals surface area contributed by atoms with Gasteiger partial charge in [0.2, 0.25) is 0 Å². The van der Waals surface area contributed by atoms with Crippen molar-refractivity contribution < 1.29 is 39.6 Å². The third-order valence-electron chi connectivity index (χ3n) is 5.19. The van der Waals surface area contributed by atoms with Gasteiger partial charge < -0.3 is 20.4 Å². The van der Waals surface area contributed by atoms with Crippen molar-refractivity contribution in [3.63, 3.8) is 0 Å². The van der Waals surface area contributed by atoms with Gasteiger partial charge in [-0.3, -0.25) is 33.9 Å². The van der Waals surface area contributed by atoms with E-state index in [-0.39, 0.29) is 45.7 Å². The summed E-state index contributed by atoms with van der Waals surface area (Å²) in [7, 11) is 0. The van der Waals surface area contributed by atoms with Crippen molar-refractivity contribution in [1.82, 2.24) is 14.7 Å². The third-order valence-corrected chi connectivity index (χ3v) is 5.19.